The van der Waals surface area contributed by atoms with E-state index in [0.717, 1.165) is 12.0 Å². The number of amides is 2. The minimum absolute atomic E-state index is 0.0697. The third-order valence-electron chi connectivity index (χ3n) is 2.86. The van der Waals surface area contributed by atoms with Crippen molar-refractivity contribution in [3.8, 4) is 0 Å². The molecule has 2 N–H and O–H groups in total. The lowest BCUT2D eigenvalue weighted by Crippen LogP contribution is -2.38. The molecule has 0 atom stereocenters. The zero-order valence-corrected chi connectivity index (χ0v) is 12.2. The third kappa shape index (κ3) is 7.94. The molecule has 0 spiro atoms. The van der Waals surface area contributed by atoms with Gasteiger partial charge in [0.05, 0.1) is 13.0 Å². The van der Waals surface area contributed by atoms with Gasteiger partial charge in [0.2, 0.25) is 0 Å². The van der Waals surface area contributed by atoms with Crippen molar-refractivity contribution >= 4 is 12.0 Å². The summed E-state index contributed by atoms with van der Waals surface area (Å²) in [4.78, 5) is 23.4. The number of ether oxygens (including phenoxy) is 1. The SMILES string of the molecule is CN(CCCOCc1ccccc1)C(=O)NCCC(=O)O. The minimum Gasteiger partial charge on any atom is -0.481 e. The predicted octanol–water partition coefficient (Wildman–Crippen LogP) is 1.71. The molecule has 0 aliphatic carbocycles. The number of hydrogen-bond donors (Lipinski definition) is 2. The molecule has 2 amide bonds. The third-order valence-corrected chi connectivity index (χ3v) is 2.86. The van der Waals surface area contributed by atoms with E-state index in [1.54, 1.807) is 7.05 Å². The lowest BCUT2D eigenvalue weighted by Gasteiger charge is -2.17. The summed E-state index contributed by atoms with van der Waals surface area (Å²) >= 11 is 0. The van der Waals surface area contributed by atoms with Gasteiger partial charge >= 0.3 is 12.0 Å². The first-order valence-corrected chi connectivity index (χ1v) is 6.92. The van der Waals surface area contributed by atoms with Crippen LogP contribution < -0.4 is 5.32 Å². The highest BCUT2D eigenvalue weighted by Crippen LogP contribution is 2.01. The van der Waals surface area contributed by atoms with Gasteiger partial charge in [0.15, 0.2) is 0 Å². The Kier molecular flexibility index (Phi) is 7.89. The molecule has 1 aromatic rings. The van der Waals surface area contributed by atoms with Gasteiger partial charge in [0, 0.05) is 26.7 Å². The van der Waals surface area contributed by atoms with Crippen molar-refractivity contribution < 1.29 is 19.4 Å². The van der Waals surface area contributed by atoms with Crippen LogP contribution in [0.2, 0.25) is 0 Å². The number of nitrogens with zero attached hydrogens (tertiary/aromatic N) is 1. The molecule has 0 bridgehead atoms. The molecular weight excluding hydrogens is 272 g/mol. The number of carbonyl (C=O) groups is 2. The van der Waals surface area contributed by atoms with E-state index in [0.29, 0.717) is 19.8 Å². The lowest BCUT2D eigenvalue weighted by molar-refractivity contribution is -0.136. The van der Waals surface area contributed by atoms with Gasteiger partial charge in [0.1, 0.15) is 0 Å². The maximum atomic E-state index is 11.6. The lowest BCUT2D eigenvalue weighted by atomic mass is 10.2. The fraction of sp³-hybridized carbons (Fsp3) is 0.467. The van der Waals surface area contributed by atoms with Crippen LogP contribution in [0.5, 0.6) is 0 Å². The summed E-state index contributed by atoms with van der Waals surface area (Å²) in [6.45, 7) is 1.84. The highest BCUT2D eigenvalue weighted by molar-refractivity contribution is 5.74. The van der Waals surface area contributed by atoms with Crippen LogP contribution >= 0.6 is 0 Å². The van der Waals surface area contributed by atoms with Gasteiger partial charge in [-0.15, -0.1) is 0 Å². The van der Waals surface area contributed by atoms with Crippen LogP contribution in [0, 0.1) is 0 Å². The van der Waals surface area contributed by atoms with Gasteiger partial charge in [-0.3, -0.25) is 4.79 Å². The Balaban J connectivity index is 2.06. The molecule has 6 heteroatoms. The molecule has 0 radical (unpaired) electrons. The van der Waals surface area contributed by atoms with Gasteiger partial charge in [-0.2, -0.15) is 0 Å². The fourth-order valence-electron chi connectivity index (χ4n) is 1.68. The molecule has 0 unspecified atom stereocenters. The van der Waals surface area contributed by atoms with E-state index in [-0.39, 0.29) is 19.0 Å². The Morgan fingerprint density at radius 3 is 2.67 bits per heavy atom. The summed E-state index contributed by atoms with van der Waals surface area (Å²) in [6, 6.07) is 9.63. The average molecular weight is 294 g/mol. The first-order chi connectivity index (χ1) is 10.1. The van der Waals surface area contributed by atoms with Gasteiger partial charge in [-0.25, -0.2) is 4.79 Å². The van der Waals surface area contributed by atoms with Crippen LogP contribution in [-0.2, 0) is 16.1 Å². The van der Waals surface area contributed by atoms with Crippen molar-refractivity contribution in [1.82, 2.24) is 10.2 Å². The van der Waals surface area contributed by atoms with Crippen LogP contribution in [0.1, 0.15) is 18.4 Å². The number of hydrogen-bond acceptors (Lipinski definition) is 3. The summed E-state index contributed by atoms with van der Waals surface area (Å²) in [5, 5.41) is 11.0. The molecule has 0 saturated heterocycles. The van der Waals surface area contributed by atoms with E-state index in [2.05, 4.69) is 5.32 Å². The molecule has 1 rings (SSSR count). The molecule has 0 fully saturated rings. The van der Waals surface area contributed by atoms with E-state index in [1.807, 2.05) is 30.3 Å². The quantitative estimate of drug-likeness (QED) is 0.680. The first kappa shape index (κ1) is 17.0. The van der Waals surface area contributed by atoms with Crippen LogP contribution in [0.3, 0.4) is 0 Å². The summed E-state index contributed by atoms with van der Waals surface area (Å²) in [6.07, 6.45) is 0.662. The van der Waals surface area contributed by atoms with E-state index in [1.165, 1.54) is 4.90 Å². The van der Waals surface area contributed by atoms with Gasteiger partial charge in [-0.05, 0) is 12.0 Å². The van der Waals surface area contributed by atoms with E-state index in [9.17, 15) is 9.59 Å². The predicted molar refractivity (Wildman–Crippen MR) is 79.0 cm³/mol. The molecule has 0 saturated carbocycles. The average Bonchev–Trinajstić information content (AvgIpc) is 2.47. The largest absolute Gasteiger partial charge is 0.481 e. The Bertz CT molecular complexity index is 437. The van der Waals surface area contributed by atoms with Crippen molar-refractivity contribution in [2.45, 2.75) is 19.4 Å². The number of carboxylic acids is 1. The Labute approximate surface area is 124 Å². The second-order valence-electron chi connectivity index (χ2n) is 4.69. The Hall–Kier alpha value is -2.08. The molecule has 1 aromatic carbocycles. The Morgan fingerprint density at radius 2 is 2.00 bits per heavy atom. The van der Waals surface area contributed by atoms with Gasteiger partial charge in [-0.1, -0.05) is 30.3 Å². The maximum Gasteiger partial charge on any atom is 0.317 e. The second-order valence-corrected chi connectivity index (χ2v) is 4.69. The summed E-state index contributed by atoms with van der Waals surface area (Å²) in [5.74, 6) is -0.924. The molecule has 0 aromatic heterocycles. The van der Waals surface area contributed by atoms with E-state index < -0.39 is 5.97 Å². The molecule has 21 heavy (non-hydrogen) atoms. The number of benzene rings is 1. The van der Waals surface area contributed by atoms with Crippen molar-refractivity contribution in [2.75, 3.05) is 26.7 Å². The van der Waals surface area contributed by atoms with Crippen LogP contribution in [0.4, 0.5) is 4.79 Å². The fourth-order valence-corrected chi connectivity index (χ4v) is 1.68. The zero-order valence-electron chi connectivity index (χ0n) is 12.2. The molecule has 0 heterocycles. The Morgan fingerprint density at radius 1 is 1.29 bits per heavy atom. The summed E-state index contributed by atoms with van der Waals surface area (Å²) < 4.78 is 5.53. The number of carbonyl (C=O) groups excluding carboxylic acids is 1. The topological polar surface area (TPSA) is 78.9 Å². The van der Waals surface area contributed by atoms with E-state index in [4.69, 9.17) is 9.84 Å². The zero-order chi connectivity index (χ0) is 15.5. The van der Waals surface area contributed by atoms with E-state index >= 15 is 0 Å². The molecular formula is C15H22N2O4. The normalized spacial score (nSPS) is 10.1. The standard InChI is InChI=1S/C15H22N2O4/c1-17(15(20)16-9-8-14(18)19)10-5-11-21-12-13-6-3-2-4-7-13/h2-4,6-7H,5,8-12H2,1H3,(H,16,20)(H,18,19). The highest BCUT2D eigenvalue weighted by Gasteiger charge is 2.07. The smallest absolute Gasteiger partial charge is 0.317 e. The van der Waals surface area contributed by atoms with Crippen LogP contribution in [-0.4, -0.2) is 48.8 Å². The monoisotopic (exact) mass is 294 g/mol. The number of nitrogens with one attached hydrogen (secondary N) is 1. The molecule has 0 aliphatic rings. The molecule has 0 aliphatic heterocycles. The number of rotatable bonds is 9. The number of aliphatic carboxylic acids is 1. The summed E-state index contributed by atoms with van der Waals surface area (Å²) in [7, 11) is 1.67. The first-order valence-electron chi connectivity index (χ1n) is 6.92. The van der Waals surface area contributed by atoms with Crippen molar-refractivity contribution in [3.05, 3.63) is 35.9 Å². The maximum absolute atomic E-state index is 11.6. The molecule has 6 nitrogen and oxygen atoms in total. The van der Waals surface area contributed by atoms with Gasteiger partial charge in [0.25, 0.3) is 0 Å². The number of urea groups is 1. The van der Waals surface area contributed by atoms with Gasteiger partial charge < -0.3 is 20.1 Å². The van der Waals surface area contributed by atoms with Crippen molar-refractivity contribution in [1.29, 1.82) is 0 Å². The second kappa shape index (κ2) is 9.77. The summed E-state index contributed by atoms with van der Waals surface area (Å²) in [5.41, 5.74) is 1.12. The van der Waals surface area contributed by atoms with Crippen molar-refractivity contribution in [3.63, 3.8) is 0 Å². The van der Waals surface area contributed by atoms with Crippen LogP contribution in [0.15, 0.2) is 30.3 Å². The van der Waals surface area contributed by atoms with Crippen LogP contribution in [0.25, 0.3) is 0 Å². The molecule has 116 valence electrons. The highest BCUT2D eigenvalue weighted by atomic mass is 16.5. The number of carboxylic acid groups (broad SMARTS) is 1. The minimum atomic E-state index is -0.924. The van der Waals surface area contributed by atoms with Crippen molar-refractivity contribution in [2.24, 2.45) is 0 Å².